The third-order valence-electron chi connectivity index (χ3n) is 1.85. The van der Waals surface area contributed by atoms with E-state index in [4.69, 9.17) is 4.74 Å². The highest BCUT2D eigenvalue weighted by molar-refractivity contribution is 4.79. The number of hydrogen-bond donors (Lipinski definition) is 1. The molecule has 0 amide bonds. The Morgan fingerprint density at radius 1 is 1.62 bits per heavy atom. The van der Waals surface area contributed by atoms with Crippen LogP contribution in [0.3, 0.4) is 0 Å². The third-order valence-corrected chi connectivity index (χ3v) is 1.85. The molecule has 1 N–H and O–H groups in total. The molecule has 1 unspecified atom stereocenters. The van der Waals surface area contributed by atoms with E-state index in [0.29, 0.717) is 6.10 Å². The van der Waals surface area contributed by atoms with Crippen LogP contribution in [-0.2, 0) is 4.74 Å². The van der Waals surface area contributed by atoms with Gasteiger partial charge in [0.15, 0.2) is 0 Å². The van der Waals surface area contributed by atoms with Gasteiger partial charge in [-0.25, -0.2) is 0 Å². The van der Waals surface area contributed by atoms with Crippen LogP contribution in [0.25, 0.3) is 0 Å². The maximum atomic E-state index is 5.11. The zero-order valence-electron chi connectivity index (χ0n) is 5.48. The second-order valence-electron chi connectivity index (χ2n) is 2.36. The van der Waals surface area contributed by atoms with Crippen LogP contribution in [0.15, 0.2) is 0 Å². The molecule has 2 heteroatoms. The Kier molecular flexibility index (Phi) is 1.86. The van der Waals surface area contributed by atoms with Crippen molar-refractivity contribution in [3.8, 4) is 0 Å². The molecule has 0 radical (unpaired) electrons. The molecule has 1 heterocycles. The number of hydrogen-bond acceptors (Lipinski definition) is 2. The summed E-state index contributed by atoms with van der Waals surface area (Å²) in [5.41, 5.74) is 0. The second-order valence-corrected chi connectivity index (χ2v) is 2.36. The highest BCUT2D eigenvalue weighted by Gasteiger charge is 2.22. The largest absolute Gasteiger partial charge is 0.381 e. The lowest BCUT2D eigenvalue weighted by atomic mass is 9.98. The molecule has 1 rings (SSSR count). The van der Waals surface area contributed by atoms with Crippen molar-refractivity contribution < 1.29 is 4.74 Å². The molecule has 1 aliphatic rings. The lowest BCUT2D eigenvalue weighted by Crippen LogP contribution is -2.48. The summed E-state index contributed by atoms with van der Waals surface area (Å²) in [7, 11) is 1.77. The van der Waals surface area contributed by atoms with E-state index in [0.717, 1.165) is 19.0 Å². The van der Waals surface area contributed by atoms with E-state index < -0.39 is 0 Å². The van der Waals surface area contributed by atoms with Crippen LogP contribution in [0.5, 0.6) is 0 Å². The van der Waals surface area contributed by atoms with Gasteiger partial charge >= 0.3 is 0 Å². The first kappa shape index (κ1) is 6.05. The van der Waals surface area contributed by atoms with Gasteiger partial charge in [-0.05, 0) is 6.92 Å². The van der Waals surface area contributed by atoms with Gasteiger partial charge in [-0.3, -0.25) is 0 Å². The monoisotopic (exact) mass is 115 g/mol. The van der Waals surface area contributed by atoms with Gasteiger partial charge in [0.25, 0.3) is 0 Å². The van der Waals surface area contributed by atoms with Crippen LogP contribution in [0.4, 0.5) is 0 Å². The van der Waals surface area contributed by atoms with Crippen LogP contribution in [0, 0.1) is 5.92 Å². The van der Waals surface area contributed by atoms with Crippen LogP contribution >= 0.6 is 0 Å². The van der Waals surface area contributed by atoms with Crippen molar-refractivity contribution in [3.63, 3.8) is 0 Å². The van der Waals surface area contributed by atoms with E-state index in [-0.39, 0.29) is 0 Å². The lowest BCUT2D eigenvalue weighted by molar-refractivity contribution is 0.0445. The first-order valence-corrected chi connectivity index (χ1v) is 3.08. The van der Waals surface area contributed by atoms with Crippen LogP contribution in [0.2, 0.25) is 0 Å². The summed E-state index contributed by atoms with van der Waals surface area (Å²) in [6.45, 7) is 4.38. The topological polar surface area (TPSA) is 21.3 Å². The Morgan fingerprint density at radius 3 is 2.38 bits per heavy atom. The minimum absolute atomic E-state index is 0.441. The maximum absolute atomic E-state index is 5.11. The summed E-state index contributed by atoms with van der Waals surface area (Å²) in [5.74, 6) is 0.764. The van der Waals surface area contributed by atoms with Crippen molar-refractivity contribution in [3.05, 3.63) is 0 Å². The molecular weight excluding hydrogens is 102 g/mol. The minimum Gasteiger partial charge on any atom is -0.381 e. The van der Waals surface area contributed by atoms with Crippen LogP contribution in [0.1, 0.15) is 6.92 Å². The molecule has 48 valence electrons. The fourth-order valence-corrected chi connectivity index (χ4v) is 0.835. The zero-order valence-corrected chi connectivity index (χ0v) is 5.48. The van der Waals surface area contributed by atoms with Crippen molar-refractivity contribution in [1.82, 2.24) is 5.32 Å². The minimum atomic E-state index is 0.441. The quantitative estimate of drug-likeness (QED) is 0.556. The Hall–Kier alpha value is -0.0800. The van der Waals surface area contributed by atoms with Gasteiger partial charge in [0.2, 0.25) is 0 Å². The molecular formula is C6H13NO. The Morgan fingerprint density at radius 2 is 2.25 bits per heavy atom. The van der Waals surface area contributed by atoms with E-state index in [2.05, 4.69) is 12.2 Å². The van der Waals surface area contributed by atoms with Crippen molar-refractivity contribution in [2.45, 2.75) is 13.0 Å². The fraction of sp³-hybridized carbons (Fsp3) is 1.00. The predicted molar refractivity (Wildman–Crippen MR) is 32.8 cm³/mol. The summed E-state index contributed by atoms with van der Waals surface area (Å²) < 4.78 is 5.11. The summed E-state index contributed by atoms with van der Waals surface area (Å²) in [6, 6.07) is 0. The molecule has 1 fully saturated rings. The molecule has 0 saturated carbocycles. The SMILES string of the molecule is COC(C)C1CNC1. The van der Waals surface area contributed by atoms with Gasteiger partial charge in [-0.1, -0.05) is 0 Å². The summed E-state index contributed by atoms with van der Waals surface area (Å²) in [5, 5.41) is 3.20. The van der Waals surface area contributed by atoms with Gasteiger partial charge in [-0.15, -0.1) is 0 Å². The fourth-order valence-electron chi connectivity index (χ4n) is 0.835. The predicted octanol–water partition coefficient (Wildman–Crippen LogP) is 0.241. The molecule has 1 saturated heterocycles. The first-order chi connectivity index (χ1) is 3.84. The summed E-state index contributed by atoms with van der Waals surface area (Å²) in [4.78, 5) is 0. The van der Waals surface area contributed by atoms with Gasteiger partial charge in [-0.2, -0.15) is 0 Å². The average Bonchev–Trinajstić information content (AvgIpc) is 1.62. The molecule has 0 aromatic rings. The molecule has 2 nitrogen and oxygen atoms in total. The normalized spacial score (nSPS) is 24.8. The number of rotatable bonds is 2. The van der Waals surface area contributed by atoms with Crippen LogP contribution < -0.4 is 5.32 Å². The highest BCUT2D eigenvalue weighted by Crippen LogP contribution is 2.10. The average molecular weight is 115 g/mol. The van der Waals surface area contributed by atoms with Crippen LogP contribution in [-0.4, -0.2) is 26.3 Å². The zero-order chi connectivity index (χ0) is 5.98. The highest BCUT2D eigenvalue weighted by atomic mass is 16.5. The van der Waals surface area contributed by atoms with E-state index in [9.17, 15) is 0 Å². The molecule has 0 aliphatic carbocycles. The number of nitrogens with one attached hydrogen (secondary N) is 1. The van der Waals surface area contributed by atoms with Crippen molar-refractivity contribution >= 4 is 0 Å². The molecule has 1 aliphatic heterocycles. The van der Waals surface area contributed by atoms with E-state index in [1.807, 2.05) is 0 Å². The first-order valence-electron chi connectivity index (χ1n) is 3.08. The van der Waals surface area contributed by atoms with E-state index in [1.165, 1.54) is 0 Å². The third kappa shape index (κ3) is 1.01. The Labute approximate surface area is 50.2 Å². The molecule has 1 atom stereocenters. The molecule has 8 heavy (non-hydrogen) atoms. The van der Waals surface area contributed by atoms with E-state index in [1.54, 1.807) is 7.11 Å². The molecule has 0 spiro atoms. The van der Waals surface area contributed by atoms with Gasteiger partial charge in [0, 0.05) is 26.1 Å². The maximum Gasteiger partial charge on any atom is 0.0595 e. The molecule has 0 bridgehead atoms. The number of methoxy groups -OCH3 is 1. The Balaban J connectivity index is 2.13. The lowest BCUT2D eigenvalue weighted by Gasteiger charge is -2.31. The van der Waals surface area contributed by atoms with Gasteiger partial charge in [0.1, 0.15) is 0 Å². The molecule has 0 aromatic heterocycles. The number of ether oxygens (including phenoxy) is 1. The van der Waals surface area contributed by atoms with Gasteiger partial charge in [0.05, 0.1) is 6.10 Å². The summed E-state index contributed by atoms with van der Waals surface area (Å²) >= 11 is 0. The van der Waals surface area contributed by atoms with Crippen molar-refractivity contribution in [2.24, 2.45) is 5.92 Å². The standard InChI is InChI=1S/C6H13NO/c1-5(8-2)6-3-7-4-6/h5-7H,3-4H2,1-2H3. The van der Waals surface area contributed by atoms with Crippen molar-refractivity contribution in [1.29, 1.82) is 0 Å². The molecule has 0 aromatic carbocycles. The van der Waals surface area contributed by atoms with Crippen molar-refractivity contribution in [2.75, 3.05) is 20.2 Å². The summed E-state index contributed by atoms with van der Waals surface area (Å²) in [6.07, 6.45) is 0.441. The second kappa shape index (κ2) is 2.46. The Bertz CT molecular complexity index is 68.2. The smallest absolute Gasteiger partial charge is 0.0595 e. The van der Waals surface area contributed by atoms with E-state index >= 15 is 0 Å². The van der Waals surface area contributed by atoms with Gasteiger partial charge < -0.3 is 10.1 Å².